The Kier molecular flexibility index (Phi) is 12.2. The topological polar surface area (TPSA) is 66.0 Å². The molecular formula is C21H53NO5Si5. The molecular weight excluding hydrogens is 487 g/mol. The third-order valence-corrected chi connectivity index (χ3v) is 9.16. The first-order valence-corrected chi connectivity index (χ1v) is 29.0. The van der Waals surface area contributed by atoms with Crippen LogP contribution >= 0.6 is 0 Å². The molecule has 192 valence electrons. The Labute approximate surface area is 204 Å². The molecule has 0 aliphatic heterocycles. The van der Waals surface area contributed by atoms with Crippen molar-refractivity contribution in [3.8, 4) is 0 Å². The van der Waals surface area contributed by atoms with E-state index in [2.05, 4.69) is 103 Å². The van der Waals surface area contributed by atoms with Gasteiger partial charge in [-0.3, -0.25) is 0 Å². The van der Waals surface area contributed by atoms with Crippen LogP contribution in [-0.4, -0.2) is 78.8 Å². The maximum atomic E-state index is 12.4. The second-order valence-corrected chi connectivity index (χ2v) is 36.3. The van der Waals surface area contributed by atoms with E-state index in [0.717, 1.165) is 6.29 Å². The predicted molar refractivity (Wildman–Crippen MR) is 150 cm³/mol. The maximum absolute atomic E-state index is 12.4. The van der Waals surface area contributed by atoms with Crippen molar-refractivity contribution in [3.05, 3.63) is 0 Å². The molecule has 0 amide bonds. The Morgan fingerprint density at radius 3 is 1.34 bits per heavy atom. The lowest BCUT2D eigenvalue weighted by Crippen LogP contribution is -2.64. The fourth-order valence-corrected chi connectivity index (χ4v) is 8.40. The molecule has 0 radical (unpaired) electrons. The second-order valence-electron chi connectivity index (χ2n) is 13.6. The van der Waals surface area contributed by atoms with Gasteiger partial charge in [-0.05, 0) is 78.6 Å². The fraction of sp³-hybridized carbons (Fsp3) is 0.952. The van der Waals surface area contributed by atoms with Crippen LogP contribution in [0.4, 0.5) is 0 Å². The van der Waals surface area contributed by atoms with E-state index in [9.17, 15) is 4.79 Å². The Morgan fingerprint density at radius 2 is 1.03 bits per heavy atom. The van der Waals surface area contributed by atoms with Crippen molar-refractivity contribution in [2.75, 3.05) is 6.61 Å². The van der Waals surface area contributed by atoms with Crippen LogP contribution < -0.4 is 4.98 Å². The highest BCUT2D eigenvalue weighted by Gasteiger charge is 2.44. The molecule has 0 aromatic carbocycles. The summed E-state index contributed by atoms with van der Waals surface area (Å²) in [5.74, 6) is 0. The molecule has 0 saturated carbocycles. The van der Waals surface area contributed by atoms with E-state index in [-0.39, 0.29) is 12.2 Å². The van der Waals surface area contributed by atoms with Crippen molar-refractivity contribution in [1.82, 2.24) is 4.98 Å². The second kappa shape index (κ2) is 12.0. The van der Waals surface area contributed by atoms with E-state index in [0.29, 0.717) is 6.61 Å². The highest BCUT2D eigenvalue weighted by atomic mass is 28.4. The molecule has 0 unspecified atom stereocenters. The first kappa shape index (κ1) is 32.6. The monoisotopic (exact) mass is 539 g/mol. The number of hydrogen-bond acceptors (Lipinski definition) is 6. The molecule has 0 spiro atoms. The van der Waals surface area contributed by atoms with Gasteiger partial charge in [0, 0.05) is 0 Å². The highest BCUT2D eigenvalue weighted by molar-refractivity contribution is 6.74. The number of nitrogens with one attached hydrogen (secondary N) is 1. The summed E-state index contributed by atoms with van der Waals surface area (Å²) in [7, 11) is -9.46. The number of rotatable bonds is 15. The van der Waals surface area contributed by atoms with Crippen LogP contribution in [-0.2, 0) is 22.5 Å². The van der Waals surface area contributed by atoms with Gasteiger partial charge in [0.15, 0.2) is 33.3 Å². The molecule has 0 rings (SSSR count). The van der Waals surface area contributed by atoms with Crippen molar-refractivity contribution >= 4 is 47.8 Å². The largest absolute Gasteiger partial charge is 0.415 e. The molecule has 1 N–H and O–H groups in total. The lowest BCUT2D eigenvalue weighted by Gasteiger charge is -2.45. The predicted octanol–water partition coefficient (Wildman–Crippen LogP) is 5.49. The summed E-state index contributed by atoms with van der Waals surface area (Å²) in [5, 5.41) is 0. The zero-order chi connectivity index (χ0) is 25.8. The molecule has 0 aliphatic carbocycles. The third kappa shape index (κ3) is 16.2. The van der Waals surface area contributed by atoms with Gasteiger partial charge in [-0.15, -0.1) is 0 Å². The van der Waals surface area contributed by atoms with E-state index < -0.39 is 53.7 Å². The Morgan fingerprint density at radius 1 is 0.625 bits per heavy atom. The van der Waals surface area contributed by atoms with Gasteiger partial charge < -0.3 is 27.5 Å². The summed E-state index contributed by atoms with van der Waals surface area (Å²) < 4.78 is 26.6. The van der Waals surface area contributed by atoms with Gasteiger partial charge in [-0.2, -0.15) is 0 Å². The van der Waals surface area contributed by atoms with Gasteiger partial charge in [0.25, 0.3) is 0 Å². The first-order chi connectivity index (χ1) is 13.9. The van der Waals surface area contributed by atoms with Gasteiger partial charge in [0.2, 0.25) is 0 Å². The molecule has 0 bridgehead atoms. The van der Waals surface area contributed by atoms with E-state index >= 15 is 0 Å². The van der Waals surface area contributed by atoms with Gasteiger partial charge >= 0.3 is 0 Å². The van der Waals surface area contributed by atoms with Crippen LogP contribution in [0.15, 0.2) is 0 Å². The van der Waals surface area contributed by atoms with Crippen LogP contribution in [0.25, 0.3) is 0 Å². The number of aldehydes is 1. The van der Waals surface area contributed by atoms with Crippen LogP contribution in [0, 0.1) is 0 Å². The molecule has 0 aromatic heterocycles. The van der Waals surface area contributed by atoms with E-state index in [1.165, 1.54) is 0 Å². The summed E-state index contributed by atoms with van der Waals surface area (Å²) in [4.78, 5) is 16.0. The summed E-state index contributed by atoms with van der Waals surface area (Å²) in [5.41, 5.74) is 0. The zero-order valence-corrected chi connectivity index (χ0v) is 28.6. The van der Waals surface area contributed by atoms with Gasteiger partial charge in [-0.25, -0.2) is 0 Å². The average molecular weight is 540 g/mol. The van der Waals surface area contributed by atoms with Crippen molar-refractivity contribution < 1.29 is 22.5 Å². The standard InChI is InChI=1S/C21H53NO5Si5/c1-28(2,3)22-18(16-23)20(26-31(10,11)12)21(27-32(13,14)15)19(25-30(7,8)9)17-24-29(4,5)6/h16,18-22H,17H2,1-15H3/t18-,19+,20+,21+/m0/s1. The smallest absolute Gasteiger partial charge is 0.184 e. The lowest BCUT2D eigenvalue weighted by atomic mass is 10.0. The van der Waals surface area contributed by atoms with Crippen LogP contribution in [0.3, 0.4) is 0 Å². The molecule has 0 fully saturated rings. The lowest BCUT2D eigenvalue weighted by molar-refractivity contribution is -0.115. The zero-order valence-electron chi connectivity index (χ0n) is 23.6. The van der Waals surface area contributed by atoms with Gasteiger partial charge in [0.1, 0.15) is 14.5 Å². The van der Waals surface area contributed by atoms with Gasteiger partial charge in [-0.1, -0.05) is 19.6 Å². The molecule has 0 heterocycles. The molecule has 4 atom stereocenters. The fourth-order valence-electron chi connectivity index (χ4n) is 3.19. The third-order valence-electron chi connectivity index (χ3n) is 3.96. The van der Waals surface area contributed by atoms with Crippen molar-refractivity contribution in [2.45, 2.75) is 123 Å². The highest BCUT2D eigenvalue weighted by Crippen LogP contribution is 2.26. The number of carbonyl (C=O) groups is 1. The Bertz CT molecular complexity index is 574. The normalized spacial score (nSPS) is 18.2. The summed E-state index contributed by atoms with van der Waals surface area (Å²) in [6, 6.07) is -0.450. The molecule has 0 aromatic rings. The molecule has 0 aliphatic rings. The van der Waals surface area contributed by atoms with E-state index in [1.54, 1.807) is 0 Å². The van der Waals surface area contributed by atoms with Crippen LogP contribution in [0.1, 0.15) is 0 Å². The van der Waals surface area contributed by atoms with Gasteiger partial charge in [0.05, 0.1) is 31.0 Å². The molecule has 6 nitrogen and oxygen atoms in total. The first-order valence-electron chi connectivity index (χ1n) is 11.8. The summed E-state index contributed by atoms with van der Waals surface area (Å²) in [6.07, 6.45) is -0.0822. The van der Waals surface area contributed by atoms with E-state index in [1.807, 2.05) is 0 Å². The summed E-state index contributed by atoms with van der Waals surface area (Å²) in [6.45, 7) is 33.2. The number of hydrogen-bond donors (Lipinski definition) is 1. The minimum Gasteiger partial charge on any atom is -0.415 e. The van der Waals surface area contributed by atoms with Crippen molar-refractivity contribution in [3.63, 3.8) is 0 Å². The molecule has 32 heavy (non-hydrogen) atoms. The minimum atomic E-state index is -2.00. The number of carbonyl (C=O) groups excluding carboxylic acids is 1. The maximum Gasteiger partial charge on any atom is 0.184 e. The van der Waals surface area contributed by atoms with Crippen LogP contribution in [0.5, 0.6) is 0 Å². The Hall–Kier alpha value is 0.554. The Balaban J connectivity index is 6.51. The SMILES string of the molecule is C[Si](C)(C)N[C@@H](C=O)[C@@H](O[Si](C)(C)C)[C@H](O[Si](C)(C)C)[C@@H](CO[Si](C)(C)C)O[Si](C)(C)C. The summed E-state index contributed by atoms with van der Waals surface area (Å²) >= 11 is 0. The van der Waals surface area contributed by atoms with Crippen molar-refractivity contribution in [1.29, 1.82) is 0 Å². The average Bonchev–Trinajstić information content (AvgIpc) is 2.48. The molecule has 11 heteroatoms. The minimum absolute atomic E-state index is 0.285. The van der Waals surface area contributed by atoms with Crippen LogP contribution in [0.2, 0.25) is 98.2 Å². The van der Waals surface area contributed by atoms with E-state index in [4.69, 9.17) is 17.7 Å². The molecule has 0 saturated heterocycles. The quantitative estimate of drug-likeness (QED) is 0.219. The van der Waals surface area contributed by atoms with Crippen molar-refractivity contribution in [2.24, 2.45) is 0 Å².